The lowest BCUT2D eigenvalue weighted by molar-refractivity contribution is 0.265. The Labute approximate surface area is 147 Å². The molecule has 1 amide bonds. The summed E-state index contributed by atoms with van der Waals surface area (Å²) in [6.07, 6.45) is 1.71. The Hall–Kier alpha value is -2.49. The number of aliphatic imine (C=N–C) groups is 1. The van der Waals surface area contributed by atoms with Crippen molar-refractivity contribution in [2.24, 2.45) is 10.1 Å². The summed E-state index contributed by atoms with van der Waals surface area (Å²) in [5.74, 6) is -0.0121. The Kier molecular flexibility index (Phi) is 4.71. The Morgan fingerprint density at radius 1 is 1.08 bits per heavy atom. The molecule has 0 radical (unpaired) electrons. The Bertz CT molecular complexity index is 982. The maximum Gasteiger partial charge on any atom is 0.289 e. The molecule has 1 saturated heterocycles. The maximum atomic E-state index is 13.0. The normalized spacial score (nSPS) is 17.9. The van der Waals surface area contributed by atoms with Gasteiger partial charge in [-0.2, -0.15) is 0 Å². The number of nitrogens with one attached hydrogen (secondary N) is 1. The van der Waals surface area contributed by atoms with Gasteiger partial charge in [0, 0.05) is 0 Å². The predicted molar refractivity (Wildman–Crippen MR) is 95.4 cm³/mol. The highest BCUT2D eigenvalue weighted by Gasteiger charge is 2.23. The smallest absolute Gasteiger partial charge is 0.289 e. The number of amides is 1. The highest BCUT2D eigenvalue weighted by Crippen LogP contribution is 2.28. The molecule has 0 aliphatic carbocycles. The van der Waals surface area contributed by atoms with Gasteiger partial charge in [-0.05, 0) is 59.8 Å². The Morgan fingerprint density at radius 2 is 1.72 bits per heavy atom. The zero-order chi connectivity index (χ0) is 18.0. The van der Waals surface area contributed by atoms with E-state index in [-0.39, 0.29) is 16.0 Å². The van der Waals surface area contributed by atoms with E-state index < -0.39 is 10.0 Å². The average molecular weight is 377 g/mol. The standard InChI is InChI=1S/C16H12FN3O3S2/c17-11-3-1-10(2-4-11)9-14-15(20-16(21)24-14)19-12-5-7-13(8-6-12)25(18,22)23/h1-9H,(H2,18,22,23)(H,19,20,21)/b14-9-. The molecule has 2 aromatic rings. The molecule has 0 spiro atoms. The molecule has 9 heteroatoms. The Balaban J connectivity index is 1.92. The minimum absolute atomic E-state index is 0.0247. The highest BCUT2D eigenvalue weighted by atomic mass is 32.2. The van der Waals surface area contributed by atoms with Crippen molar-refractivity contribution in [3.8, 4) is 0 Å². The molecule has 0 unspecified atom stereocenters. The summed E-state index contributed by atoms with van der Waals surface area (Å²) in [5, 5.41) is 7.38. The number of primary sulfonamides is 1. The summed E-state index contributed by atoms with van der Waals surface area (Å²) >= 11 is 0.970. The number of hydrogen-bond acceptors (Lipinski definition) is 5. The lowest BCUT2D eigenvalue weighted by Crippen LogP contribution is -2.18. The molecule has 1 aliphatic rings. The first-order valence-corrected chi connectivity index (χ1v) is 9.35. The van der Waals surface area contributed by atoms with Gasteiger partial charge in [-0.3, -0.25) is 4.79 Å². The van der Waals surface area contributed by atoms with Gasteiger partial charge in [0.05, 0.1) is 15.5 Å². The van der Waals surface area contributed by atoms with Crippen LogP contribution in [0.15, 0.2) is 63.3 Å². The molecule has 2 aromatic carbocycles. The van der Waals surface area contributed by atoms with Crippen molar-refractivity contribution in [1.82, 2.24) is 5.32 Å². The van der Waals surface area contributed by atoms with Gasteiger partial charge in [-0.15, -0.1) is 0 Å². The summed E-state index contributed by atoms with van der Waals surface area (Å²) in [6.45, 7) is 0. The number of hydrogen-bond donors (Lipinski definition) is 2. The third kappa shape index (κ3) is 4.32. The number of benzene rings is 2. The van der Waals surface area contributed by atoms with E-state index in [2.05, 4.69) is 10.3 Å². The van der Waals surface area contributed by atoms with Crippen molar-refractivity contribution in [2.75, 3.05) is 0 Å². The molecular formula is C16H12FN3O3S2. The number of nitrogens with zero attached hydrogens (tertiary/aromatic N) is 1. The SMILES string of the molecule is NS(=O)(=O)c1ccc(N=C2NC(=O)S/C2=C\c2ccc(F)cc2)cc1. The molecule has 6 nitrogen and oxygen atoms in total. The molecule has 1 aliphatic heterocycles. The quantitative estimate of drug-likeness (QED) is 0.858. The van der Waals surface area contributed by atoms with Gasteiger partial charge < -0.3 is 5.32 Å². The lowest BCUT2D eigenvalue weighted by atomic mass is 10.2. The third-order valence-electron chi connectivity index (χ3n) is 3.23. The van der Waals surface area contributed by atoms with E-state index >= 15 is 0 Å². The van der Waals surface area contributed by atoms with Crippen molar-refractivity contribution in [3.05, 3.63) is 64.8 Å². The van der Waals surface area contributed by atoms with Gasteiger partial charge >= 0.3 is 0 Å². The van der Waals surface area contributed by atoms with Crippen molar-refractivity contribution < 1.29 is 17.6 Å². The third-order valence-corrected chi connectivity index (χ3v) is 4.98. The van der Waals surface area contributed by atoms with E-state index in [1.54, 1.807) is 18.2 Å². The number of carbonyl (C=O) groups is 1. The fourth-order valence-electron chi connectivity index (χ4n) is 2.06. The van der Waals surface area contributed by atoms with Gasteiger partial charge in [0.1, 0.15) is 11.7 Å². The summed E-state index contributed by atoms with van der Waals surface area (Å²) in [5.41, 5.74) is 1.17. The van der Waals surface area contributed by atoms with Gasteiger partial charge in [0.2, 0.25) is 10.0 Å². The number of sulfonamides is 1. The van der Waals surface area contributed by atoms with E-state index in [4.69, 9.17) is 5.14 Å². The highest BCUT2D eigenvalue weighted by molar-refractivity contribution is 8.18. The van der Waals surface area contributed by atoms with Crippen molar-refractivity contribution >= 4 is 44.6 Å². The van der Waals surface area contributed by atoms with Crippen LogP contribution in [0.3, 0.4) is 0 Å². The molecule has 3 rings (SSSR count). The van der Waals surface area contributed by atoms with Gasteiger partial charge in [-0.1, -0.05) is 12.1 Å². The molecule has 0 aromatic heterocycles. The monoisotopic (exact) mass is 377 g/mol. The summed E-state index contributed by atoms with van der Waals surface area (Å²) in [7, 11) is -3.77. The number of carbonyl (C=O) groups excluding carboxylic acids is 1. The van der Waals surface area contributed by atoms with Gasteiger partial charge in [0.15, 0.2) is 0 Å². The lowest BCUT2D eigenvalue weighted by Gasteiger charge is -2.02. The first kappa shape index (κ1) is 17.3. The second-order valence-corrected chi connectivity index (χ2v) is 7.65. The summed E-state index contributed by atoms with van der Waals surface area (Å²) in [6, 6.07) is 11.5. The van der Waals surface area contributed by atoms with Gasteiger partial charge in [-0.25, -0.2) is 22.9 Å². The van der Waals surface area contributed by atoms with Crippen LogP contribution in [0.2, 0.25) is 0 Å². The van der Waals surface area contributed by atoms with Crippen molar-refractivity contribution in [2.45, 2.75) is 4.90 Å². The summed E-state index contributed by atoms with van der Waals surface area (Å²) in [4.78, 5) is 16.5. The molecule has 0 atom stereocenters. The molecular weight excluding hydrogens is 365 g/mol. The molecule has 0 bridgehead atoms. The minimum Gasteiger partial charge on any atom is -0.300 e. The van der Waals surface area contributed by atoms with Crippen LogP contribution >= 0.6 is 11.8 Å². The first-order valence-electron chi connectivity index (χ1n) is 6.99. The van der Waals surface area contributed by atoms with Crippen LogP contribution in [0, 0.1) is 5.82 Å². The summed E-state index contributed by atoms with van der Waals surface area (Å²) < 4.78 is 35.5. The van der Waals surface area contributed by atoms with Crippen LogP contribution in [0.5, 0.6) is 0 Å². The average Bonchev–Trinajstić information content (AvgIpc) is 2.88. The number of thioether (sulfide) groups is 1. The number of nitrogens with two attached hydrogens (primary N) is 1. The predicted octanol–water partition coefficient (Wildman–Crippen LogP) is 3.00. The fourth-order valence-corrected chi connectivity index (χ4v) is 3.31. The zero-order valence-electron chi connectivity index (χ0n) is 12.6. The van der Waals surface area contributed by atoms with E-state index in [1.807, 2.05) is 0 Å². The second-order valence-electron chi connectivity index (χ2n) is 5.07. The van der Waals surface area contributed by atoms with Crippen LogP contribution in [0.4, 0.5) is 14.9 Å². The molecule has 128 valence electrons. The number of amidine groups is 1. The largest absolute Gasteiger partial charge is 0.300 e. The first-order chi connectivity index (χ1) is 11.8. The van der Waals surface area contributed by atoms with Gasteiger partial charge in [0.25, 0.3) is 5.24 Å². The molecule has 1 heterocycles. The van der Waals surface area contributed by atoms with E-state index in [9.17, 15) is 17.6 Å². The maximum absolute atomic E-state index is 13.0. The zero-order valence-corrected chi connectivity index (χ0v) is 14.3. The topological polar surface area (TPSA) is 102 Å². The number of halogens is 1. The van der Waals surface area contributed by atoms with E-state index in [0.717, 1.165) is 17.3 Å². The van der Waals surface area contributed by atoms with E-state index in [1.165, 1.54) is 36.4 Å². The van der Waals surface area contributed by atoms with E-state index in [0.29, 0.717) is 16.4 Å². The fraction of sp³-hybridized carbons (Fsp3) is 0. The molecule has 25 heavy (non-hydrogen) atoms. The van der Waals surface area contributed by atoms with Crippen molar-refractivity contribution in [3.63, 3.8) is 0 Å². The minimum atomic E-state index is -3.77. The van der Waals surface area contributed by atoms with Crippen molar-refractivity contribution in [1.29, 1.82) is 0 Å². The second kappa shape index (κ2) is 6.79. The van der Waals surface area contributed by atoms with Crippen LogP contribution in [0.1, 0.15) is 5.56 Å². The molecule has 0 saturated carbocycles. The molecule has 1 fully saturated rings. The van der Waals surface area contributed by atoms with Crippen LogP contribution in [-0.2, 0) is 10.0 Å². The Morgan fingerprint density at radius 3 is 2.32 bits per heavy atom. The van der Waals surface area contributed by atoms with Crippen LogP contribution in [-0.4, -0.2) is 19.5 Å². The van der Waals surface area contributed by atoms with Crippen LogP contribution < -0.4 is 10.5 Å². The number of rotatable bonds is 3. The van der Waals surface area contributed by atoms with Crippen LogP contribution in [0.25, 0.3) is 6.08 Å². The molecule has 3 N–H and O–H groups in total.